The molecule has 5 heteroatoms. The number of carbonyl (C=O) groups excluding carboxylic acids is 1. The number of para-hydroxylation sites is 2. The molecule has 1 heterocycles. The standard InChI is InChI=1S/C14H20N4O/c1-3-9(2)13(16)14(19)18-11-7-5-4-6-10(11)17-12(18)8-15/h4-7,9,13H,3,8,15-16H2,1-2H3/t9-,13-/m0/s1. The second-order valence-corrected chi connectivity index (χ2v) is 4.81. The SMILES string of the molecule is CC[C@H](C)[C@H](N)C(=O)n1c(CN)nc2ccccc21. The van der Waals surface area contributed by atoms with Gasteiger partial charge in [0, 0.05) is 0 Å². The van der Waals surface area contributed by atoms with Gasteiger partial charge < -0.3 is 11.5 Å². The highest BCUT2D eigenvalue weighted by Crippen LogP contribution is 2.18. The number of imidazole rings is 1. The Bertz CT molecular complexity index is 590. The van der Waals surface area contributed by atoms with Crippen LogP contribution in [0.2, 0.25) is 0 Å². The molecule has 2 atom stereocenters. The fraction of sp³-hybridized carbons (Fsp3) is 0.429. The van der Waals surface area contributed by atoms with Gasteiger partial charge in [0.05, 0.1) is 23.6 Å². The summed E-state index contributed by atoms with van der Waals surface area (Å²) in [5.41, 5.74) is 13.3. The van der Waals surface area contributed by atoms with Gasteiger partial charge in [-0.15, -0.1) is 0 Å². The number of benzene rings is 1. The minimum Gasteiger partial charge on any atom is -0.324 e. The van der Waals surface area contributed by atoms with Gasteiger partial charge in [-0.1, -0.05) is 32.4 Å². The highest BCUT2D eigenvalue weighted by molar-refractivity contribution is 5.94. The summed E-state index contributed by atoms with van der Waals surface area (Å²) in [6.45, 7) is 4.21. The maximum absolute atomic E-state index is 12.5. The summed E-state index contributed by atoms with van der Waals surface area (Å²) in [5.74, 6) is 0.549. The first kappa shape index (κ1) is 13.7. The van der Waals surface area contributed by atoms with Crippen LogP contribution in [0.15, 0.2) is 24.3 Å². The van der Waals surface area contributed by atoms with Crippen molar-refractivity contribution >= 4 is 16.9 Å². The Morgan fingerprint density at radius 2 is 2.11 bits per heavy atom. The second-order valence-electron chi connectivity index (χ2n) is 4.81. The zero-order chi connectivity index (χ0) is 14.0. The van der Waals surface area contributed by atoms with Gasteiger partial charge in [-0.2, -0.15) is 0 Å². The van der Waals surface area contributed by atoms with Crippen LogP contribution in [0.5, 0.6) is 0 Å². The predicted octanol–water partition coefficient (Wildman–Crippen LogP) is 1.51. The normalized spacial score (nSPS) is 14.5. The number of hydrogen-bond donors (Lipinski definition) is 2. The first-order valence-electron chi connectivity index (χ1n) is 6.56. The van der Waals surface area contributed by atoms with E-state index in [-0.39, 0.29) is 18.4 Å². The minimum atomic E-state index is -0.534. The molecule has 102 valence electrons. The molecule has 0 aliphatic heterocycles. The molecule has 1 aromatic carbocycles. The Balaban J connectivity index is 2.51. The van der Waals surface area contributed by atoms with Crippen LogP contribution >= 0.6 is 0 Å². The lowest BCUT2D eigenvalue weighted by Crippen LogP contribution is -2.40. The van der Waals surface area contributed by atoms with Gasteiger partial charge in [0.1, 0.15) is 5.82 Å². The molecule has 1 aromatic heterocycles. The lowest BCUT2D eigenvalue weighted by Gasteiger charge is -2.18. The number of fused-ring (bicyclic) bond motifs is 1. The van der Waals surface area contributed by atoms with Gasteiger partial charge in [-0.05, 0) is 18.1 Å². The van der Waals surface area contributed by atoms with Crippen molar-refractivity contribution in [1.29, 1.82) is 0 Å². The van der Waals surface area contributed by atoms with Crippen molar-refractivity contribution in [2.24, 2.45) is 17.4 Å². The Labute approximate surface area is 112 Å². The van der Waals surface area contributed by atoms with Crippen LogP contribution in [-0.2, 0) is 6.54 Å². The molecule has 0 spiro atoms. The summed E-state index contributed by atoms with van der Waals surface area (Å²) in [7, 11) is 0. The molecule has 0 bridgehead atoms. The van der Waals surface area contributed by atoms with E-state index in [2.05, 4.69) is 4.98 Å². The van der Waals surface area contributed by atoms with E-state index in [1.54, 1.807) is 4.57 Å². The third-order valence-electron chi connectivity index (χ3n) is 3.58. The number of carbonyl (C=O) groups is 1. The number of hydrogen-bond acceptors (Lipinski definition) is 4. The molecule has 2 aromatic rings. The molecule has 19 heavy (non-hydrogen) atoms. The van der Waals surface area contributed by atoms with Crippen LogP contribution in [0, 0.1) is 5.92 Å². The molecule has 0 unspecified atom stereocenters. The topological polar surface area (TPSA) is 86.9 Å². The zero-order valence-corrected chi connectivity index (χ0v) is 11.3. The largest absolute Gasteiger partial charge is 0.324 e. The Morgan fingerprint density at radius 3 is 2.74 bits per heavy atom. The molecule has 5 nitrogen and oxygen atoms in total. The molecule has 0 saturated carbocycles. The third kappa shape index (κ3) is 2.39. The molecule has 0 radical (unpaired) electrons. The fourth-order valence-corrected chi connectivity index (χ4v) is 2.11. The molecule has 0 aliphatic rings. The van der Waals surface area contributed by atoms with Crippen LogP contribution in [-0.4, -0.2) is 21.5 Å². The van der Waals surface area contributed by atoms with Crippen molar-refractivity contribution in [1.82, 2.24) is 9.55 Å². The van der Waals surface area contributed by atoms with Gasteiger partial charge >= 0.3 is 0 Å². The van der Waals surface area contributed by atoms with Crippen molar-refractivity contribution in [2.75, 3.05) is 0 Å². The van der Waals surface area contributed by atoms with Crippen molar-refractivity contribution in [3.8, 4) is 0 Å². The highest BCUT2D eigenvalue weighted by atomic mass is 16.2. The maximum atomic E-state index is 12.5. The van der Waals surface area contributed by atoms with E-state index in [4.69, 9.17) is 11.5 Å². The van der Waals surface area contributed by atoms with E-state index in [1.807, 2.05) is 38.1 Å². The summed E-state index contributed by atoms with van der Waals surface area (Å²) in [6.07, 6.45) is 0.859. The predicted molar refractivity (Wildman–Crippen MR) is 75.7 cm³/mol. The summed E-state index contributed by atoms with van der Waals surface area (Å²) >= 11 is 0. The summed E-state index contributed by atoms with van der Waals surface area (Å²) < 4.78 is 1.56. The van der Waals surface area contributed by atoms with Gasteiger partial charge in [0.25, 0.3) is 0 Å². The Morgan fingerprint density at radius 1 is 1.42 bits per heavy atom. The molecular weight excluding hydrogens is 240 g/mol. The number of nitrogens with zero attached hydrogens (tertiary/aromatic N) is 2. The van der Waals surface area contributed by atoms with E-state index in [1.165, 1.54) is 0 Å². The van der Waals surface area contributed by atoms with Crippen molar-refractivity contribution < 1.29 is 4.79 Å². The van der Waals surface area contributed by atoms with Crippen LogP contribution in [0.25, 0.3) is 11.0 Å². The number of rotatable bonds is 4. The molecule has 0 amide bonds. The van der Waals surface area contributed by atoms with E-state index in [0.29, 0.717) is 5.82 Å². The first-order valence-corrected chi connectivity index (χ1v) is 6.56. The van der Waals surface area contributed by atoms with E-state index in [9.17, 15) is 4.79 Å². The van der Waals surface area contributed by atoms with Crippen LogP contribution < -0.4 is 11.5 Å². The second kappa shape index (κ2) is 5.50. The minimum absolute atomic E-state index is 0.124. The van der Waals surface area contributed by atoms with E-state index in [0.717, 1.165) is 17.5 Å². The quantitative estimate of drug-likeness (QED) is 0.872. The van der Waals surface area contributed by atoms with Gasteiger partial charge in [-0.25, -0.2) is 4.98 Å². The van der Waals surface area contributed by atoms with Gasteiger partial charge in [0.15, 0.2) is 0 Å². The third-order valence-corrected chi connectivity index (χ3v) is 3.58. The Kier molecular flexibility index (Phi) is 3.97. The molecule has 0 aliphatic carbocycles. The zero-order valence-electron chi connectivity index (χ0n) is 11.3. The van der Waals surface area contributed by atoms with Crippen LogP contribution in [0.1, 0.15) is 30.9 Å². The van der Waals surface area contributed by atoms with Crippen molar-refractivity contribution in [3.05, 3.63) is 30.1 Å². The van der Waals surface area contributed by atoms with Crippen molar-refractivity contribution in [2.45, 2.75) is 32.9 Å². The van der Waals surface area contributed by atoms with Crippen LogP contribution in [0.3, 0.4) is 0 Å². The molecule has 4 N–H and O–H groups in total. The number of nitrogens with two attached hydrogens (primary N) is 2. The van der Waals surface area contributed by atoms with E-state index < -0.39 is 6.04 Å². The molecule has 0 saturated heterocycles. The smallest absolute Gasteiger partial charge is 0.249 e. The lowest BCUT2D eigenvalue weighted by atomic mass is 9.99. The summed E-state index contributed by atoms with van der Waals surface area (Å²) in [5, 5.41) is 0. The summed E-state index contributed by atoms with van der Waals surface area (Å²) in [6, 6.07) is 6.96. The van der Waals surface area contributed by atoms with Crippen LogP contribution in [0.4, 0.5) is 0 Å². The van der Waals surface area contributed by atoms with Gasteiger partial charge in [0.2, 0.25) is 5.91 Å². The molecular formula is C14H20N4O. The Hall–Kier alpha value is -1.72. The molecule has 2 rings (SSSR count). The first-order chi connectivity index (χ1) is 9.10. The monoisotopic (exact) mass is 260 g/mol. The highest BCUT2D eigenvalue weighted by Gasteiger charge is 2.24. The lowest BCUT2D eigenvalue weighted by molar-refractivity contribution is 0.0852. The fourth-order valence-electron chi connectivity index (χ4n) is 2.11. The summed E-state index contributed by atoms with van der Waals surface area (Å²) in [4.78, 5) is 16.9. The average molecular weight is 260 g/mol. The average Bonchev–Trinajstić information content (AvgIpc) is 2.83. The van der Waals surface area contributed by atoms with Gasteiger partial charge in [-0.3, -0.25) is 9.36 Å². The van der Waals surface area contributed by atoms with Crippen molar-refractivity contribution in [3.63, 3.8) is 0 Å². The number of aromatic nitrogens is 2. The van der Waals surface area contributed by atoms with E-state index >= 15 is 0 Å². The molecule has 0 fully saturated rings. The maximum Gasteiger partial charge on any atom is 0.249 e.